The van der Waals surface area contributed by atoms with Crippen molar-refractivity contribution in [3.05, 3.63) is 53.6 Å². The lowest BCUT2D eigenvalue weighted by molar-refractivity contribution is 0.407. The lowest BCUT2D eigenvalue weighted by atomic mass is 10.0. The molecule has 7 heteroatoms. The van der Waals surface area contributed by atoms with Crippen molar-refractivity contribution in [2.75, 3.05) is 30.8 Å². The van der Waals surface area contributed by atoms with Crippen molar-refractivity contribution in [3.63, 3.8) is 0 Å². The number of anilines is 2. The van der Waals surface area contributed by atoms with Gasteiger partial charge in [-0.15, -0.1) is 0 Å². The molecule has 1 aliphatic heterocycles. The number of rotatable bonds is 3. The van der Waals surface area contributed by atoms with Crippen molar-refractivity contribution in [1.29, 1.82) is 0 Å². The predicted molar refractivity (Wildman–Crippen MR) is 119 cm³/mol. The first kappa shape index (κ1) is 20.2. The molecule has 156 valence electrons. The lowest BCUT2D eigenvalue weighted by Gasteiger charge is -2.37. The van der Waals surface area contributed by atoms with Crippen LogP contribution in [0.4, 0.5) is 20.2 Å². The summed E-state index contributed by atoms with van der Waals surface area (Å²) in [5.74, 6) is -0.948. The summed E-state index contributed by atoms with van der Waals surface area (Å²) >= 11 is 0. The van der Waals surface area contributed by atoms with E-state index in [1.54, 1.807) is 19.2 Å². The van der Waals surface area contributed by atoms with Crippen LogP contribution in [0.15, 0.2) is 41.4 Å². The fraction of sp³-hybridized carbons (Fsp3) is 0.304. The Balaban J connectivity index is 1.75. The molecule has 3 N–H and O–H groups in total. The number of nitrogens with zero attached hydrogens (tertiary/aromatic N) is 3. The molecule has 0 bridgehead atoms. The Hall–Kier alpha value is -3.06. The third-order valence-corrected chi connectivity index (χ3v) is 5.38. The van der Waals surface area contributed by atoms with Crippen LogP contribution in [0, 0.1) is 11.6 Å². The molecule has 4 rings (SSSR count). The molecule has 2 unspecified atom stereocenters. The van der Waals surface area contributed by atoms with Gasteiger partial charge >= 0.3 is 0 Å². The molecule has 1 fully saturated rings. The average molecular weight is 409 g/mol. The highest BCUT2D eigenvalue weighted by atomic mass is 19.1. The number of nitrogens with one attached hydrogen (secondary N) is 1. The summed E-state index contributed by atoms with van der Waals surface area (Å²) in [5, 5.41) is 4.19. The first-order valence-electron chi connectivity index (χ1n) is 9.98. The molecule has 2 atom stereocenters. The fourth-order valence-electron chi connectivity index (χ4n) is 4.09. The maximum absolute atomic E-state index is 15.0. The third-order valence-electron chi connectivity index (χ3n) is 5.38. The van der Waals surface area contributed by atoms with Crippen LogP contribution in [-0.4, -0.2) is 43.4 Å². The number of benzene rings is 2. The molecule has 2 heterocycles. The van der Waals surface area contributed by atoms with Crippen LogP contribution >= 0.6 is 0 Å². The van der Waals surface area contributed by atoms with Gasteiger partial charge in [0.05, 0.1) is 11.4 Å². The van der Waals surface area contributed by atoms with Crippen LogP contribution in [0.2, 0.25) is 0 Å². The summed E-state index contributed by atoms with van der Waals surface area (Å²) in [6.07, 6.45) is 1.49. The van der Waals surface area contributed by atoms with Gasteiger partial charge < -0.3 is 16.0 Å². The number of hydrogen-bond acceptors (Lipinski definition) is 5. The summed E-state index contributed by atoms with van der Waals surface area (Å²) < 4.78 is 29.3. The molecule has 5 nitrogen and oxygen atoms in total. The van der Waals surface area contributed by atoms with E-state index in [0.29, 0.717) is 34.3 Å². The Morgan fingerprint density at radius 2 is 1.83 bits per heavy atom. The number of pyridine rings is 1. The van der Waals surface area contributed by atoms with E-state index in [1.165, 1.54) is 18.3 Å². The van der Waals surface area contributed by atoms with Crippen LogP contribution in [-0.2, 0) is 0 Å². The van der Waals surface area contributed by atoms with Gasteiger partial charge in [0, 0.05) is 60.6 Å². The quantitative estimate of drug-likeness (QED) is 0.507. The molecule has 1 aliphatic rings. The second-order valence-corrected chi connectivity index (χ2v) is 7.92. The largest absolute Gasteiger partial charge is 0.396 e. The molecular formula is C23H25F2N5. The molecule has 0 amide bonds. The zero-order chi connectivity index (χ0) is 21.4. The molecular weight excluding hydrogens is 384 g/mol. The summed E-state index contributed by atoms with van der Waals surface area (Å²) in [4.78, 5) is 10.6. The Kier molecular flexibility index (Phi) is 5.39. The van der Waals surface area contributed by atoms with Crippen molar-refractivity contribution in [2.24, 2.45) is 4.99 Å². The molecule has 30 heavy (non-hydrogen) atoms. The third kappa shape index (κ3) is 3.85. The number of nitrogens with two attached hydrogens (primary N) is 1. The van der Waals surface area contributed by atoms with E-state index in [0.717, 1.165) is 18.8 Å². The van der Waals surface area contributed by atoms with Gasteiger partial charge in [0.25, 0.3) is 0 Å². The van der Waals surface area contributed by atoms with Crippen molar-refractivity contribution in [2.45, 2.75) is 25.9 Å². The molecule has 0 spiro atoms. The SMILES string of the molecule is CN=Cc1cc(-c2ccc3cc(N4CC(C)NC(C)C4)cc(F)c3n2)cc(F)c1N. The van der Waals surface area contributed by atoms with E-state index < -0.39 is 11.6 Å². The van der Waals surface area contributed by atoms with Gasteiger partial charge in [-0.1, -0.05) is 6.07 Å². The second kappa shape index (κ2) is 7.99. The van der Waals surface area contributed by atoms with E-state index in [9.17, 15) is 4.39 Å². The zero-order valence-corrected chi connectivity index (χ0v) is 17.3. The zero-order valence-electron chi connectivity index (χ0n) is 17.3. The van der Waals surface area contributed by atoms with Crippen molar-refractivity contribution in [1.82, 2.24) is 10.3 Å². The highest BCUT2D eigenvalue weighted by Gasteiger charge is 2.22. The van der Waals surface area contributed by atoms with Gasteiger partial charge in [-0.25, -0.2) is 13.8 Å². The van der Waals surface area contributed by atoms with Gasteiger partial charge in [-0.2, -0.15) is 0 Å². The standard InChI is InChI=1S/C23H25F2N5/c1-13-11-30(12-14(2)28-13)18-7-15-4-5-21(29-23(15)20(25)9-18)16-6-17(10-27-3)22(26)19(24)8-16/h4-10,13-14,28H,11-12,26H2,1-3H3. The van der Waals surface area contributed by atoms with Crippen LogP contribution < -0.4 is 16.0 Å². The number of fused-ring (bicyclic) bond motifs is 1. The van der Waals surface area contributed by atoms with Gasteiger partial charge in [0.1, 0.15) is 11.3 Å². The molecule has 1 aromatic heterocycles. The number of piperazine rings is 1. The van der Waals surface area contributed by atoms with E-state index in [4.69, 9.17) is 5.73 Å². The number of nitrogen functional groups attached to an aromatic ring is 1. The summed E-state index contributed by atoms with van der Waals surface area (Å²) in [7, 11) is 1.59. The van der Waals surface area contributed by atoms with Crippen molar-refractivity contribution < 1.29 is 8.78 Å². The molecule has 0 aliphatic carbocycles. The number of aliphatic imine (C=N–C) groups is 1. The van der Waals surface area contributed by atoms with Crippen molar-refractivity contribution >= 4 is 28.5 Å². The molecule has 1 saturated heterocycles. The Labute approximate surface area is 174 Å². The summed E-state index contributed by atoms with van der Waals surface area (Å²) in [5.41, 5.74) is 8.37. The fourth-order valence-corrected chi connectivity index (χ4v) is 4.09. The van der Waals surface area contributed by atoms with Gasteiger partial charge in [0.2, 0.25) is 0 Å². The first-order chi connectivity index (χ1) is 14.4. The maximum atomic E-state index is 15.0. The maximum Gasteiger partial charge on any atom is 0.151 e. The first-order valence-corrected chi connectivity index (χ1v) is 9.98. The van der Waals surface area contributed by atoms with E-state index >= 15 is 4.39 Å². The predicted octanol–water partition coefficient (Wildman–Crippen LogP) is 4.00. The van der Waals surface area contributed by atoms with Crippen LogP contribution in [0.3, 0.4) is 0 Å². The second-order valence-electron chi connectivity index (χ2n) is 7.92. The average Bonchev–Trinajstić information content (AvgIpc) is 2.70. The smallest absolute Gasteiger partial charge is 0.151 e. The highest BCUT2D eigenvalue weighted by Crippen LogP contribution is 2.30. The minimum atomic E-state index is -0.554. The molecule has 2 aromatic carbocycles. The summed E-state index contributed by atoms with van der Waals surface area (Å²) in [6.45, 7) is 5.87. The Morgan fingerprint density at radius 1 is 1.10 bits per heavy atom. The summed E-state index contributed by atoms with van der Waals surface area (Å²) in [6, 6.07) is 10.7. The topological polar surface area (TPSA) is 66.5 Å². The van der Waals surface area contributed by atoms with E-state index in [1.807, 2.05) is 12.1 Å². The Morgan fingerprint density at radius 3 is 2.53 bits per heavy atom. The van der Waals surface area contributed by atoms with Crippen LogP contribution in [0.25, 0.3) is 22.2 Å². The van der Waals surface area contributed by atoms with Gasteiger partial charge in [-0.05, 0) is 44.2 Å². The molecule has 0 radical (unpaired) electrons. The normalized spacial score (nSPS) is 19.7. The van der Waals surface area contributed by atoms with Crippen LogP contribution in [0.5, 0.6) is 0 Å². The Bertz CT molecular complexity index is 1120. The van der Waals surface area contributed by atoms with Crippen LogP contribution in [0.1, 0.15) is 19.4 Å². The highest BCUT2D eigenvalue weighted by molar-refractivity contribution is 5.90. The lowest BCUT2D eigenvalue weighted by Crippen LogP contribution is -2.54. The van der Waals surface area contributed by atoms with Gasteiger partial charge in [0.15, 0.2) is 5.82 Å². The monoisotopic (exact) mass is 409 g/mol. The van der Waals surface area contributed by atoms with E-state index in [2.05, 4.69) is 34.0 Å². The van der Waals surface area contributed by atoms with Crippen molar-refractivity contribution in [3.8, 4) is 11.3 Å². The van der Waals surface area contributed by atoms with E-state index in [-0.39, 0.29) is 11.2 Å². The number of hydrogen-bond donors (Lipinski definition) is 2. The number of halogens is 2. The van der Waals surface area contributed by atoms with Gasteiger partial charge in [-0.3, -0.25) is 4.99 Å². The minimum Gasteiger partial charge on any atom is -0.396 e. The molecule has 0 saturated carbocycles. The number of aromatic nitrogens is 1. The minimum absolute atomic E-state index is 0.0282. The molecule has 3 aromatic rings.